The number of aliphatic hydroxyl groups excluding tert-OH is 1. The van der Waals surface area contributed by atoms with Crippen LogP contribution >= 0.6 is 0 Å². The molecule has 0 bridgehead atoms. The van der Waals surface area contributed by atoms with Crippen LogP contribution in [0.5, 0.6) is 5.75 Å². The van der Waals surface area contributed by atoms with Crippen LogP contribution < -0.4 is 10.1 Å². The van der Waals surface area contributed by atoms with Crippen molar-refractivity contribution in [3.05, 3.63) is 47.3 Å². The second kappa shape index (κ2) is 8.30. The van der Waals surface area contributed by atoms with E-state index in [-0.39, 0.29) is 12.6 Å². The Morgan fingerprint density at radius 2 is 2.00 bits per heavy atom. The maximum Gasteiger partial charge on any atom is 0.319 e. The number of nitrogens with zero attached hydrogens (tertiary/aromatic N) is 4. The maximum atomic E-state index is 12.2. The molecule has 3 rings (SSSR count). The number of urea groups is 1. The van der Waals surface area contributed by atoms with Crippen molar-refractivity contribution < 1.29 is 19.4 Å². The van der Waals surface area contributed by atoms with Crippen LogP contribution in [0.25, 0.3) is 0 Å². The fraction of sp³-hybridized carbons (Fsp3) is 0.421. The van der Waals surface area contributed by atoms with Gasteiger partial charge < -0.3 is 25.0 Å². The van der Waals surface area contributed by atoms with Crippen molar-refractivity contribution in [1.29, 1.82) is 0 Å². The lowest BCUT2D eigenvalue weighted by Crippen LogP contribution is -2.43. The molecular weight excluding hydrogens is 362 g/mol. The van der Waals surface area contributed by atoms with Gasteiger partial charge in [0.05, 0.1) is 38.1 Å². The highest BCUT2D eigenvalue weighted by Gasteiger charge is 2.24. The molecule has 9 heteroatoms. The second-order valence-corrected chi connectivity index (χ2v) is 6.84. The van der Waals surface area contributed by atoms with Crippen LogP contribution in [0.1, 0.15) is 23.1 Å². The predicted octanol–water partition coefficient (Wildman–Crippen LogP) is 0.739. The van der Waals surface area contributed by atoms with Gasteiger partial charge in [-0.3, -0.25) is 9.48 Å². The molecule has 0 saturated heterocycles. The van der Waals surface area contributed by atoms with Gasteiger partial charge in [-0.15, -0.1) is 0 Å². The number of benzene rings is 1. The second-order valence-electron chi connectivity index (χ2n) is 6.84. The SMILES string of the molecule is COc1ccc([C@H](O)C(=O)NCc2cc3n(n2)CCN(C(=O)N(C)C)C3)cc1. The van der Waals surface area contributed by atoms with Crippen molar-refractivity contribution >= 4 is 11.9 Å². The summed E-state index contributed by atoms with van der Waals surface area (Å²) in [5, 5.41) is 17.4. The molecule has 150 valence electrons. The quantitative estimate of drug-likeness (QED) is 0.788. The standard InChI is InChI=1S/C19H25N5O4/c1-22(2)19(27)23-8-9-24-15(12-23)10-14(21-24)11-20-18(26)17(25)13-4-6-16(28-3)7-5-13/h4-7,10,17,25H,8-9,11-12H2,1-3H3,(H,20,26)/t17-/m0/s1. The van der Waals surface area contributed by atoms with Gasteiger partial charge in [-0.05, 0) is 23.8 Å². The van der Waals surface area contributed by atoms with Crippen molar-refractivity contribution in [2.24, 2.45) is 0 Å². The van der Waals surface area contributed by atoms with Crippen LogP contribution in [-0.4, -0.2) is 64.4 Å². The molecule has 3 amide bonds. The summed E-state index contributed by atoms with van der Waals surface area (Å²) >= 11 is 0. The molecule has 2 N–H and O–H groups in total. The average molecular weight is 387 g/mol. The zero-order chi connectivity index (χ0) is 20.3. The smallest absolute Gasteiger partial charge is 0.319 e. The number of aromatic nitrogens is 2. The molecule has 1 atom stereocenters. The van der Waals surface area contributed by atoms with Gasteiger partial charge in [0.25, 0.3) is 5.91 Å². The molecule has 9 nitrogen and oxygen atoms in total. The first-order valence-corrected chi connectivity index (χ1v) is 9.00. The van der Waals surface area contributed by atoms with E-state index in [0.717, 1.165) is 5.69 Å². The highest BCUT2D eigenvalue weighted by Crippen LogP contribution is 2.18. The molecule has 0 spiro atoms. The van der Waals surface area contributed by atoms with Crippen LogP contribution in [0.15, 0.2) is 30.3 Å². The molecule has 0 fully saturated rings. The van der Waals surface area contributed by atoms with Gasteiger partial charge in [-0.25, -0.2) is 4.79 Å². The Kier molecular flexibility index (Phi) is 5.84. The first kappa shape index (κ1) is 19.7. The summed E-state index contributed by atoms with van der Waals surface area (Å²) in [4.78, 5) is 27.7. The number of rotatable bonds is 5. The lowest BCUT2D eigenvalue weighted by molar-refractivity contribution is -0.129. The highest BCUT2D eigenvalue weighted by molar-refractivity contribution is 5.81. The Morgan fingerprint density at radius 3 is 2.64 bits per heavy atom. The Balaban J connectivity index is 1.58. The highest BCUT2D eigenvalue weighted by atomic mass is 16.5. The van der Waals surface area contributed by atoms with Crippen molar-refractivity contribution in [2.45, 2.75) is 25.7 Å². The van der Waals surface area contributed by atoms with Crippen LogP contribution in [0.3, 0.4) is 0 Å². The first-order chi connectivity index (χ1) is 13.4. The number of carbonyl (C=O) groups excluding carboxylic acids is 2. The molecule has 0 aliphatic carbocycles. The maximum absolute atomic E-state index is 12.2. The molecule has 2 aromatic rings. The van der Waals surface area contributed by atoms with Crippen molar-refractivity contribution in [3.8, 4) is 5.75 Å². The Labute approximate surface area is 163 Å². The lowest BCUT2D eigenvalue weighted by atomic mass is 10.1. The number of hydrogen-bond donors (Lipinski definition) is 2. The average Bonchev–Trinajstić information content (AvgIpc) is 3.12. The fourth-order valence-corrected chi connectivity index (χ4v) is 3.07. The summed E-state index contributed by atoms with van der Waals surface area (Å²) in [7, 11) is 5.00. The molecule has 1 aliphatic heterocycles. The van der Waals surface area contributed by atoms with Gasteiger partial charge in [0.2, 0.25) is 0 Å². The Bertz CT molecular complexity index is 847. The van der Waals surface area contributed by atoms with Crippen LogP contribution in [0, 0.1) is 0 Å². The molecule has 0 radical (unpaired) electrons. The third kappa shape index (κ3) is 4.25. The van der Waals surface area contributed by atoms with E-state index in [4.69, 9.17) is 4.74 Å². The number of nitrogens with one attached hydrogen (secondary N) is 1. The van der Waals surface area contributed by atoms with Crippen molar-refractivity contribution in [2.75, 3.05) is 27.7 Å². The monoisotopic (exact) mass is 387 g/mol. The topological polar surface area (TPSA) is 99.9 Å². The number of carbonyl (C=O) groups is 2. The largest absolute Gasteiger partial charge is 0.497 e. The Hall–Kier alpha value is -3.07. The van der Waals surface area contributed by atoms with E-state index in [2.05, 4.69) is 10.4 Å². The van der Waals surface area contributed by atoms with E-state index in [1.165, 1.54) is 0 Å². The summed E-state index contributed by atoms with van der Waals surface area (Å²) in [6.45, 7) is 1.88. The summed E-state index contributed by atoms with van der Waals surface area (Å²) in [5.41, 5.74) is 2.09. The molecule has 2 heterocycles. The van der Waals surface area contributed by atoms with Crippen LogP contribution in [-0.2, 0) is 24.4 Å². The predicted molar refractivity (Wildman–Crippen MR) is 102 cm³/mol. The number of aliphatic hydroxyl groups is 1. The fourth-order valence-electron chi connectivity index (χ4n) is 3.07. The van der Waals surface area contributed by atoms with E-state index < -0.39 is 12.0 Å². The number of methoxy groups -OCH3 is 1. The number of hydrogen-bond acceptors (Lipinski definition) is 5. The minimum atomic E-state index is -1.27. The third-order valence-electron chi connectivity index (χ3n) is 4.63. The van der Waals surface area contributed by atoms with Gasteiger partial charge in [-0.2, -0.15) is 5.10 Å². The normalized spacial score (nSPS) is 14.2. The number of amides is 3. The van der Waals surface area contributed by atoms with Crippen LogP contribution in [0.4, 0.5) is 4.79 Å². The van der Waals surface area contributed by atoms with Gasteiger partial charge in [0.15, 0.2) is 6.10 Å². The molecule has 28 heavy (non-hydrogen) atoms. The molecule has 0 unspecified atom stereocenters. The van der Waals surface area contributed by atoms with E-state index in [1.54, 1.807) is 55.3 Å². The van der Waals surface area contributed by atoms with Gasteiger partial charge in [-0.1, -0.05) is 12.1 Å². The molecule has 1 aliphatic rings. The van der Waals surface area contributed by atoms with Gasteiger partial charge in [0.1, 0.15) is 5.75 Å². The number of fused-ring (bicyclic) bond motifs is 1. The summed E-state index contributed by atoms with van der Waals surface area (Å²) in [5.74, 6) is 0.155. The van der Waals surface area contributed by atoms with E-state index in [0.29, 0.717) is 36.6 Å². The first-order valence-electron chi connectivity index (χ1n) is 9.00. The Morgan fingerprint density at radius 1 is 1.29 bits per heavy atom. The minimum absolute atomic E-state index is 0.0371. The zero-order valence-electron chi connectivity index (χ0n) is 16.3. The van der Waals surface area contributed by atoms with Crippen LogP contribution in [0.2, 0.25) is 0 Å². The molecule has 0 saturated carbocycles. The number of ether oxygens (including phenoxy) is 1. The minimum Gasteiger partial charge on any atom is -0.497 e. The molecule has 1 aromatic heterocycles. The van der Waals surface area contributed by atoms with Crippen molar-refractivity contribution in [3.63, 3.8) is 0 Å². The summed E-state index contributed by atoms with van der Waals surface area (Å²) in [6.07, 6.45) is -1.27. The zero-order valence-corrected chi connectivity index (χ0v) is 16.3. The van der Waals surface area contributed by atoms with Gasteiger partial charge >= 0.3 is 6.03 Å². The molecular formula is C19H25N5O4. The summed E-state index contributed by atoms with van der Waals surface area (Å²) in [6, 6.07) is 8.51. The van der Waals surface area contributed by atoms with E-state index in [1.807, 2.05) is 10.7 Å². The van der Waals surface area contributed by atoms with E-state index >= 15 is 0 Å². The third-order valence-corrected chi connectivity index (χ3v) is 4.63. The molecule has 1 aromatic carbocycles. The van der Waals surface area contributed by atoms with E-state index in [9.17, 15) is 14.7 Å². The summed E-state index contributed by atoms with van der Waals surface area (Å²) < 4.78 is 6.92. The van der Waals surface area contributed by atoms with Gasteiger partial charge in [0, 0.05) is 20.6 Å². The van der Waals surface area contributed by atoms with Crippen molar-refractivity contribution in [1.82, 2.24) is 24.9 Å². The lowest BCUT2D eigenvalue weighted by Gasteiger charge is -2.29.